The van der Waals surface area contributed by atoms with E-state index in [-0.39, 0.29) is 0 Å². The first-order chi connectivity index (χ1) is 11.0. The van der Waals surface area contributed by atoms with Gasteiger partial charge in [0.25, 0.3) is 0 Å². The average molecular weight is 372 g/mol. The lowest BCUT2D eigenvalue weighted by Crippen LogP contribution is -2.18. The zero-order valence-electron chi connectivity index (χ0n) is 13.4. The lowest BCUT2D eigenvalue weighted by Gasteiger charge is -2.18. The minimum absolute atomic E-state index is 0.730. The van der Waals surface area contributed by atoms with Gasteiger partial charge in [-0.25, -0.2) is 4.68 Å². The zero-order valence-corrected chi connectivity index (χ0v) is 14.9. The number of hydrogen-bond acceptors (Lipinski definition) is 4. The van der Waals surface area contributed by atoms with E-state index >= 15 is 0 Å². The lowest BCUT2D eigenvalue weighted by molar-refractivity contribution is 0.772. The largest absolute Gasteiger partial charge is 0.354 e. The van der Waals surface area contributed by atoms with Gasteiger partial charge < -0.3 is 4.90 Å². The van der Waals surface area contributed by atoms with Crippen LogP contribution in [-0.2, 0) is 6.54 Å². The van der Waals surface area contributed by atoms with Gasteiger partial charge in [0.2, 0.25) is 0 Å². The van der Waals surface area contributed by atoms with E-state index in [9.17, 15) is 0 Å². The highest BCUT2D eigenvalue weighted by Crippen LogP contribution is 2.20. The van der Waals surface area contributed by atoms with Gasteiger partial charge in [-0.05, 0) is 43.7 Å². The first kappa shape index (κ1) is 15.7. The van der Waals surface area contributed by atoms with Crippen molar-refractivity contribution in [3.05, 3.63) is 63.9 Å². The Kier molecular flexibility index (Phi) is 4.43. The number of hydrogen-bond donors (Lipinski definition) is 0. The smallest absolute Gasteiger partial charge is 0.176 e. The van der Waals surface area contributed by atoms with Gasteiger partial charge in [0.15, 0.2) is 11.6 Å². The maximum absolute atomic E-state index is 4.43. The molecule has 0 amide bonds. The summed E-state index contributed by atoms with van der Waals surface area (Å²) in [4.78, 5) is 2.07. The fourth-order valence-electron chi connectivity index (χ4n) is 2.46. The fraction of sp³-hybridized carbons (Fsp3) is 0.235. The third kappa shape index (κ3) is 3.42. The van der Waals surface area contributed by atoms with Crippen LogP contribution in [-0.4, -0.2) is 27.0 Å². The highest BCUT2D eigenvalue weighted by Gasteiger charge is 2.09. The number of benzene rings is 1. The Morgan fingerprint density at radius 2 is 1.87 bits per heavy atom. The molecule has 0 atom stereocenters. The second kappa shape index (κ2) is 6.50. The Hall–Kier alpha value is -2.21. The van der Waals surface area contributed by atoms with E-state index in [1.165, 1.54) is 5.56 Å². The monoisotopic (exact) mass is 371 g/mol. The minimum atomic E-state index is 0.730. The molecule has 0 aliphatic carbocycles. The van der Waals surface area contributed by atoms with Crippen molar-refractivity contribution in [1.29, 1.82) is 0 Å². The summed E-state index contributed by atoms with van der Waals surface area (Å²) in [5.41, 5.74) is 3.23. The number of nitrogens with zero attached hydrogens (tertiary/aromatic N) is 5. The van der Waals surface area contributed by atoms with Crippen LogP contribution in [0.4, 0.5) is 5.82 Å². The van der Waals surface area contributed by atoms with Gasteiger partial charge >= 0.3 is 0 Å². The van der Waals surface area contributed by atoms with Crippen molar-refractivity contribution in [2.45, 2.75) is 20.4 Å². The highest BCUT2D eigenvalue weighted by atomic mass is 79.9. The average Bonchev–Trinajstić information content (AvgIpc) is 2.88. The second-order valence-corrected chi connectivity index (χ2v) is 6.39. The van der Waals surface area contributed by atoms with Crippen LogP contribution in [0.1, 0.15) is 17.0 Å². The molecule has 3 aromatic rings. The summed E-state index contributed by atoms with van der Waals surface area (Å²) in [5, 5.41) is 13.1. The number of aryl methyl sites for hydroxylation is 2. The van der Waals surface area contributed by atoms with Crippen molar-refractivity contribution in [2.75, 3.05) is 11.9 Å². The molecule has 2 heterocycles. The van der Waals surface area contributed by atoms with Crippen LogP contribution in [0.5, 0.6) is 0 Å². The molecule has 2 aromatic heterocycles. The molecule has 0 aliphatic heterocycles. The van der Waals surface area contributed by atoms with E-state index in [1.807, 2.05) is 57.3 Å². The Balaban J connectivity index is 1.79. The molecule has 0 radical (unpaired) electrons. The predicted molar refractivity (Wildman–Crippen MR) is 94.9 cm³/mol. The van der Waals surface area contributed by atoms with E-state index in [2.05, 4.69) is 42.2 Å². The lowest BCUT2D eigenvalue weighted by atomic mass is 10.2. The summed E-state index contributed by atoms with van der Waals surface area (Å²) in [5.74, 6) is 1.56. The molecule has 0 saturated carbocycles. The molecule has 0 unspecified atom stereocenters. The molecule has 3 rings (SSSR count). The summed E-state index contributed by atoms with van der Waals surface area (Å²) in [7, 11) is 2.01. The second-order valence-electron chi connectivity index (χ2n) is 5.54. The van der Waals surface area contributed by atoms with Crippen LogP contribution < -0.4 is 4.90 Å². The molecule has 5 nitrogen and oxygen atoms in total. The van der Waals surface area contributed by atoms with Gasteiger partial charge in [-0.15, -0.1) is 10.2 Å². The van der Waals surface area contributed by atoms with E-state index in [4.69, 9.17) is 0 Å². The minimum Gasteiger partial charge on any atom is -0.354 e. The molecule has 0 bridgehead atoms. The number of halogens is 1. The van der Waals surface area contributed by atoms with Gasteiger partial charge in [0.05, 0.1) is 5.69 Å². The van der Waals surface area contributed by atoms with Gasteiger partial charge in [-0.1, -0.05) is 34.1 Å². The van der Waals surface area contributed by atoms with Crippen molar-refractivity contribution < 1.29 is 0 Å². The Morgan fingerprint density at radius 1 is 1.09 bits per heavy atom. The maximum Gasteiger partial charge on any atom is 0.176 e. The van der Waals surface area contributed by atoms with E-state index < -0.39 is 0 Å². The van der Waals surface area contributed by atoms with Gasteiger partial charge in [0, 0.05) is 23.8 Å². The highest BCUT2D eigenvalue weighted by molar-refractivity contribution is 9.10. The van der Waals surface area contributed by atoms with Gasteiger partial charge in [-0.3, -0.25) is 0 Å². The molecule has 23 heavy (non-hydrogen) atoms. The molecule has 0 spiro atoms. The van der Waals surface area contributed by atoms with Crippen molar-refractivity contribution in [3.8, 4) is 5.82 Å². The molecule has 1 aromatic carbocycles. The summed E-state index contributed by atoms with van der Waals surface area (Å²) in [6.45, 7) is 4.74. The molecular weight excluding hydrogens is 354 g/mol. The van der Waals surface area contributed by atoms with Crippen LogP contribution in [0.3, 0.4) is 0 Å². The summed E-state index contributed by atoms with van der Waals surface area (Å²) < 4.78 is 2.90. The van der Waals surface area contributed by atoms with Crippen molar-refractivity contribution >= 4 is 21.7 Å². The van der Waals surface area contributed by atoms with E-state index in [1.54, 1.807) is 4.68 Å². The third-order valence-corrected chi connectivity index (χ3v) is 4.39. The van der Waals surface area contributed by atoms with Crippen LogP contribution in [0, 0.1) is 13.8 Å². The molecule has 0 fully saturated rings. The summed E-state index contributed by atoms with van der Waals surface area (Å²) >= 11 is 3.58. The normalized spacial score (nSPS) is 10.8. The molecule has 0 aliphatic rings. The first-order valence-corrected chi connectivity index (χ1v) is 8.16. The van der Waals surface area contributed by atoms with Gasteiger partial charge in [0.1, 0.15) is 0 Å². The number of anilines is 1. The Labute approximate surface area is 144 Å². The number of rotatable bonds is 4. The third-order valence-electron chi connectivity index (χ3n) is 3.62. The number of aromatic nitrogens is 4. The van der Waals surface area contributed by atoms with Crippen LogP contribution in [0.25, 0.3) is 5.82 Å². The Bertz CT molecular complexity index is 810. The molecule has 118 valence electrons. The fourth-order valence-corrected chi connectivity index (χ4v) is 2.87. The van der Waals surface area contributed by atoms with Crippen LogP contribution >= 0.6 is 15.9 Å². The summed E-state index contributed by atoms with van der Waals surface area (Å²) in [6.07, 6.45) is 0. The standard InChI is InChI=1S/C17H18BrN5/c1-12-10-13(2)23(21-12)17-9-8-16(19-20-17)22(3)11-14-6-4-5-7-15(14)18/h4-10H,11H2,1-3H3. The SMILES string of the molecule is Cc1cc(C)n(-c2ccc(N(C)Cc3ccccc3Br)nn2)n1. The Morgan fingerprint density at radius 3 is 2.48 bits per heavy atom. The predicted octanol–water partition coefficient (Wildman–Crippen LogP) is 3.68. The van der Waals surface area contributed by atoms with Crippen molar-refractivity contribution in [1.82, 2.24) is 20.0 Å². The zero-order chi connectivity index (χ0) is 16.4. The molecule has 0 saturated heterocycles. The van der Waals surface area contributed by atoms with E-state index in [0.717, 1.165) is 34.0 Å². The molecule has 6 heteroatoms. The molecular formula is C17H18BrN5. The van der Waals surface area contributed by atoms with E-state index in [0.29, 0.717) is 0 Å². The van der Waals surface area contributed by atoms with Crippen LogP contribution in [0.15, 0.2) is 46.9 Å². The van der Waals surface area contributed by atoms with Crippen molar-refractivity contribution in [3.63, 3.8) is 0 Å². The topological polar surface area (TPSA) is 46.8 Å². The maximum atomic E-state index is 4.43. The molecule has 0 N–H and O–H groups in total. The summed E-state index contributed by atoms with van der Waals surface area (Å²) in [6, 6.07) is 14.1. The quantitative estimate of drug-likeness (QED) is 0.701. The first-order valence-electron chi connectivity index (χ1n) is 7.36. The van der Waals surface area contributed by atoms with Gasteiger partial charge in [-0.2, -0.15) is 5.10 Å². The van der Waals surface area contributed by atoms with Crippen LogP contribution in [0.2, 0.25) is 0 Å². The van der Waals surface area contributed by atoms with Crippen molar-refractivity contribution in [2.24, 2.45) is 0 Å².